The molecule has 0 saturated carbocycles. The summed E-state index contributed by atoms with van der Waals surface area (Å²) in [4.78, 5) is 38.9. The second kappa shape index (κ2) is 11.4. The van der Waals surface area contributed by atoms with Gasteiger partial charge < -0.3 is 19.3 Å². The van der Waals surface area contributed by atoms with Gasteiger partial charge in [-0.1, -0.05) is 12.1 Å². The van der Waals surface area contributed by atoms with Crippen molar-refractivity contribution >= 4 is 29.5 Å². The van der Waals surface area contributed by atoms with Gasteiger partial charge in [0.1, 0.15) is 11.2 Å². The Morgan fingerprint density at radius 1 is 0.789 bits per heavy atom. The third kappa shape index (κ3) is 7.25. The molecule has 0 bridgehead atoms. The average molecular weight is 527 g/mol. The van der Waals surface area contributed by atoms with Gasteiger partial charge in [-0.3, -0.25) is 9.80 Å². The molecule has 9 nitrogen and oxygen atoms in total. The number of rotatable bonds is 2. The van der Waals surface area contributed by atoms with E-state index in [-0.39, 0.29) is 24.8 Å². The summed E-state index contributed by atoms with van der Waals surface area (Å²) in [5, 5.41) is 9.09. The Balaban J connectivity index is 0.000000212. The van der Waals surface area contributed by atoms with Crippen LogP contribution < -0.4 is 9.80 Å². The van der Waals surface area contributed by atoms with Crippen LogP contribution in [0.3, 0.4) is 0 Å². The van der Waals surface area contributed by atoms with E-state index in [9.17, 15) is 14.4 Å². The van der Waals surface area contributed by atoms with Crippen LogP contribution in [0.1, 0.15) is 68.6 Å². The van der Waals surface area contributed by atoms with Crippen LogP contribution >= 0.6 is 0 Å². The fourth-order valence-corrected chi connectivity index (χ4v) is 4.21. The van der Waals surface area contributed by atoms with E-state index < -0.39 is 11.2 Å². The number of carbonyl (C=O) groups excluding carboxylic acids is 3. The molecular weight excluding hydrogens is 488 g/mol. The fourth-order valence-electron chi connectivity index (χ4n) is 4.21. The quantitative estimate of drug-likeness (QED) is 0.421. The highest BCUT2D eigenvalue weighted by Crippen LogP contribution is 2.31. The molecule has 2 heterocycles. The molecule has 38 heavy (non-hydrogen) atoms. The lowest BCUT2D eigenvalue weighted by Crippen LogP contribution is -2.35. The lowest BCUT2D eigenvalue weighted by Gasteiger charge is -2.24. The standard InChI is InChI=1S/C15H19NO4.C14H19NO3/c1-15(2,3)20-14(18)16-8-7-10-9-11(13(17)19-4)5-6-12(10)16;1-14(2,3)18-13(17)15-7-6-11-8-10(9-16)4-5-12(11)15/h5-6,9H,7-8H2,1-4H3;4-5,8,16H,6-7,9H2,1-3H3. The maximum absolute atomic E-state index is 12.1. The Kier molecular flexibility index (Phi) is 8.72. The number of aliphatic hydroxyl groups excluding tert-OH is 1. The van der Waals surface area contributed by atoms with Crippen molar-refractivity contribution in [2.24, 2.45) is 0 Å². The molecule has 1 N–H and O–H groups in total. The minimum atomic E-state index is -0.522. The van der Waals surface area contributed by atoms with Gasteiger partial charge in [0, 0.05) is 13.1 Å². The lowest BCUT2D eigenvalue weighted by atomic mass is 10.1. The Labute approximate surface area is 224 Å². The van der Waals surface area contributed by atoms with E-state index in [4.69, 9.17) is 19.3 Å². The number of ether oxygens (including phenoxy) is 3. The summed E-state index contributed by atoms with van der Waals surface area (Å²) in [6.45, 7) is 12.3. The molecule has 0 saturated heterocycles. The van der Waals surface area contributed by atoms with E-state index in [1.54, 1.807) is 28.0 Å². The smallest absolute Gasteiger partial charge is 0.414 e. The van der Waals surface area contributed by atoms with Crippen molar-refractivity contribution in [3.63, 3.8) is 0 Å². The van der Waals surface area contributed by atoms with Gasteiger partial charge >= 0.3 is 18.2 Å². The van der Waals surface area contributed by atoms with Crippen LogP contribution in [0, 0.1) is 0 Å². The van der Waals surface area contributed by atoms with E-state index in [1.807, 2.05) is 59.7 Å². The first kappa shape index (κ1) is 29.0. The summed E-state index contributed by atoms with van der Waals surface area (Å²) in [6.07, 6.45) is 0.849. The van der Waals surface area contributed by atoms with E-state index >= 15 is 0 Å². The highest BCUT2D eigenvalue weighted by atomic mass is 16.6. The summed E-state index contributed by atoms with van der Waals surface area (Å²) in [7, 11) is 1.35. The number of methoxy groups -OCH3 is 1. The Bertz CT molecular complexity index is 1190. The summed E-state index contributed by atoms with van der Waals surface area (Å²) in [5.74, 6) is -0.372. The van der Waals surface area contributed by atoms with Gasteiger partial charge in [0.2, 0.25) is 0 Å². The second-order valence-corrected chi connectivity index (χ2v) is 11.2. The van der Waals surface area contributed by atoms with Crippen LogP contribution in [0.2, 0.25) is 0 Å². The predicted octanol–water partition coefficient (Wildman–Crippen LogP) is 5.25. The summed E-state index contributed by atoms with van der Waals surface area (Å²) < 4.78 is 15.4. The van der Waals surface area contributed by atoms with E-state index in [1.165, 1.54) is 7.11 Å². The number of aliphatic hydroxyl groups is 1. The van der Waals surface area contributed by atoms with Crippen molar-refractivity contribution in [2.45, 2.75) is 72.2 Å². The number of nitrogens with zero attached hydrogens (tertiary/aromatic N) is 2. The number of hydrogen-bond acceptors (Lipinski definition) is 7. The van der Waals surface area contributed by atoms with Crippen molar-refractivity contribution < 1.29 is 33.7 Å². The van der Waals surface area contributed by atoms with Crippen LogP contribution in [0.5, 0.6) is 0 Å². The average Bonchev–Trinajstić information content (AvgIpc) is 3.45. The van der Waals surface area contributed by atoms with Gasteiger partial charge in [0.05, 0.1) is 30.7 Å². The Morgan fingerprint density at radius 2 is 1.26 bits per heavy atom. The highest BCUT2D eigenvalue weighted by Gasteiger charge is 2.30. The van der Waals surface area contributed by atoms with Crippen LogP contribution in [0.4, 0.5) is 21.0 Å². The molecule has 0 radical (unpaired) electrons. The van der Waals surface area contributed by atoms with Crippen molar-refractivity contribution in [1.82, 2.24) is 0 Å². The third-order valence-electron chi connectivity index (χ3n) is 5.85. The number of carbonyl (C=O) groups is 3. The first-order valence-corrected chi connectivity index (χ1v) is 12.7. The Hall–Kier alpha value is -3.59. The predicted molar refractivity (Wildman–Crippen MR) is 145 cm³/mol. The molecule has 0 atom stereocenters. The van der Waals surface area contributed by atoms with Crippen LogP contribution in [-0.2, 0) is 33.7 Å². The normalized spacial score (nSPS) is 14.2. The highest BCUT2D eigenvalue weighted by molar-refractivity contribution is 5.94. The minimum absolute atomic E-state index is 0.0275. The van der Waals surface area contributed by atoms with E-state index in [2.05, 4.69) is 0 Å². The summed E-state index contributed by atoms with van der Waals surface area (Å²) in [5.41, 5.74) is 4.10. The molecule has 2 aromatic carbocycles. The number of hydrogen-bond donors (Lipinski definition) is 1. The van der Waals surface area contributed by atoms with Crippen molar-refractivity contribution in [3.05, 3.63) is 58.7 Å². The molecule has 0 aromatic heterocycles. The molecule has 0 spiro atoms. The molecular formula is C29H38N2O7. The first-order chi connectivity index (χ1) is 17.7. The van der Waals surface area contributed by atoms with Crippen LogP contribution in [-0.4, -0.2) is 54.7 Å². The van der Waals surface area contributed by atoms with Gasteiger partial charge in [0.15, 0.2) is 0 Å². The maximum Gasteiger partial charge on any atom is 0.414 e. The summed E-state index contributed by atoms with van der Waals surface area (Å²) >= 11 is 0. The zero-order chi connectivity index (χ0) is 28.3. The van der Waals surface area contributed by atoms with E-state index in [0.29, 0.717) is 25.1 Å². The first-order valence-electron chi connectivity index (χ1n) is 12.7. The van der Waals surface area contributed by atoms with Gasteiger partial charge in [-0.05, 0) is 95.3 Å². The van der Waals surface area contributed by atoms with Crippen LogP contribution in [0.15, 0.2) is 36.4 Å². The molecule has 4 rings (SSSR count). The Morgan fingerprint density at radius 3 is 1.71 bits per heavy atom. The number of benzene rings is 2. The van der Waals surface area contributed by atoms with E-state index in [0.717, 1.165) is 34.5 Å². The van der Waals surface area contributed by atoms with Gasteiger partial charge in [0.25, 0.3) is 0 Å². The van der Waals surface area contributed by atoms with Crippen LogP contribution in [0.25, 0.3) is 0 Å². The molecule has 2 aliphatic heterocycles. The molecule has 2 aromatic rings. The number of anilines is 2. The molecule has 0 aliphatic carbocycles. The van der Waals surface area contributed by atoms with Crippen molar-refractivity contribution in [3.8, 4) is 0 Å². The number of esters is 1. The monoisotopic (exact) mass is 526 g/mol. The fraction of sp³-hybridized carbons (Fsp3) is 0.483. The lowest BCUT2D eigenvalue weighted by molar-refractivity contribution is 0.0573. The SMILES string of the molecule is CC(C)(C)OC(=O)N1CCc2cc(CO)ccc21.COC(=O)c1ccc2c(c1)CCN2C(=O)OC(C)(C)C. The molecule has 9 heteroatoms. The van der Waals surface area contributed by atoms with Gasteiger partial charge in [-0.25, -0.2) is 14.4 Å². The molecule has 0 unspecified atom stereocenters. The number of fused-ring (bicyclic) bond motifs is 2. The maximum atomic E-state index is 12.1. The largest absolute Gasteiger partial charge is 0.465 e. The number of amides is 2. The molecule has 206 valence electrons. The molecule has 2 amide bonds. The third-order valence-corrected chi connectivity index (χ3v) is 5.85. The van der Waals surface area contributed by atoms with Crippen molar-refractivity contribution in [1.29, 1.82) is 0 Å². The van der Waals surface area contributed by atoms with Gasteiger partial charge in [-0.15, -0.1) is 0 Å². The van der Waals surface area contributed by atoms with Crippen molar-refractivity contribution in [2.75, 3.05) is 30.0 Å². The zero-order valence-electron chi connectivity index (χ0n) is 23.3. The summed E-state index contributed by atoms with van der Waals surface area (Å²) in [6, 6.07) is 10.8. The van der Waals surface area contributed by atoms with Gasteiger partial charge in [-0.2, -0.15) is 0 Å². The minimum Gasteiger partial charge on any atom is -0.465 e. The second-order valence-electron chi connectivity index (χ2n) is 11.2. The molecule has 2 aliphatic rings. The zero-order valence-corrected chi connectivity index (χ0v) is 23.3. The topological polar surface area (TPSA) is 106 Å². The molecule has 0 fully saturated rings.